The highest BCUT2D eigenvalue weighted by Gasteiger charge is 2.20. The first-order valence-corrected chi connectivity index (χ1v) is 16.5. The Bertz CT molecular complexity index is 2830. The first-order valence-electron chi connectivity index (χ1n) is 16.5. The molecule has 0 radical (unpaired) electrons. The largest absolute Gasteiger partial charge is 0.309 e. The number of rotatable bonds is 4. The Hall–Kier alpha value is -6.38. The van der Waals surface area contributed by atoms with Gasteiger partial charge in [0.15, 0.2) is 0 Å². The van der Waals surface area contributed by atoms with Crippen LogP contribution in [0.5, 0.6) is 0 Å². The molecule has 10 rings (SSSR count). The van der Waals surface area contributed by atoms with Crippen molar-refractivity contribution in [2.45, 2.75) is 0 Å². The summed E-state index contributed by atoms with van der Waals surface area (Å²) in [6.45, 7) is 0. The van der Waals surface area contributed by atoms with E-state index >= 15 is 0 Å². The summed E-state index contributed by atoms with van der Waals surface area (Å²) in [5.41, 5.74) is 12.0. The third-order valence-electron chi connectivity index (χ3n) is 9.87. The van der Waals surface area contributed by atoms with Gasteiger partial charge in [-0.1, -0.05) is 127 Å². The molecule has 2 aromatic heterocycles. The first-order chi connectivity index (χ1) is 23.8. The van der Waals surface area contributed by atoms with Crippen molar-refractivity contribution in [1.29, 1.82) is 0 Å². The van der Waals surface area contributed by atoms with E-state index in [-0.39, 0.29) is 0 Å². The number of hydrogen-bond donors (Lipinski definition) is 0. The number of benzene rings is 8. The third kappa shape index (κ3) is 4.06. The molecular weight excluding hydrogens is 581 g/mol. The van der Waals surface area contributed by atoms with Crippen molar-refractivity contribution in [1.82, 2.24) is 9.13 Å². The van der Waals surface area contributed by atoms with Crippen LogP contribution in [0.4, 0.5) is 0 Å². The summed E-state index contributed by atoms with van der Waals surface area (Å²) in [4.78, 5) is 0. The van der Waals surface area contributed by atoms with Crippen molar-refractivity contribution in [3.63, 3.8) is 0 Å². The zero-order valence-electron chi connectivity index (χ0n) is 26.2. The molecule has 0 saturated carbocycles. The molecule has 0 N–H and O–H groups in total. The van der Waals surface area contributed by atoms with Crippen LogP contribution in [0, 0.1) is 0 Å². The van der Waals surface area contributed by atoms with Gasteiger partial charge in [0.2, 0.25) is 0 Å². The highest BCUT2D eigenvalue weighted by Crippen LogP contribution is 2.43. The topological polar surface area (TPSA) is 9.86 Å². The van der Waals surface area contributed by atoms with Crippen LogP contribution in [0.1, 0.15) is 0 Å². The van der Waals surface area contributed by atoms with E-state index in [0.717, 1.165) is 11.4 Å². The molecule has 0 amide bonds. The van der Waals surface area contributed by atoms with Crippen LogP contribution in [0.2, 0.25) is 0 Å². The minimum Gasteiger partial charge on any atom is -0.309 e. The number of fused-ring (bicyclic) bond motifs is 8. The second-order valence-corrected chi connectivity index (χ2v) is 12.6. The van der Waals surface area contributed by atoms with E-state index in [0.29, 0.717) is 0 Å². The fourth-order valence-corrected chi connectivity index (χ4v) is 7.72. The van der Waals surface area contributed by atoms with E-state index in [4.69, 9.17) is 0 Å². The Labute approximate surface area is 278 Å². The van der Waals surface area contributed by atoms with E-state index < -0.39 is 0 Å². The van der Waals surface area contributed by atoms with Crippen molar-refractivity contribution in [3.8, 4) is 33.6 Å². The summed E-state index contributed by atoms with van der Waals surface area (Å²) < 4.78 is 4.87. The van der Waals surface area contributed by atoms with E-state index in [1.807, 2.05) is 0 Å². The lowest BCUT2D eigenvalue weighted by molar-refractivity contribution is 1.17. The molecule has 0 atom stereocenters. The van der Waals surface area contributed by atoms with Gasteiger partial charge in [-0.2, -0.15) is 0 Å². The second-order valence-electron chi connectivity index (χ2n) is 12.6. The van der Waals surface area contributed by atoms with Crippen molar-refractivity contribution in [2.75, 3.05) is 0 Å². The number of para-hydroxylation sites is 2. The van der Waals surface area contributed by atoms with Crippen molar-refractivity contribution in [2.24, 2.45) is 0 Å². The van der Waals surface area contributed by atoms with Crippen LogP contribution < -0.4 is 0 Å². The summed E-state index contributed by atoms with van der Waals surface area (Å²) in [6.07, 6.45) is 0. The molecular formula is C46H30N2. The summed E-state index contributed by atoms with van der Waals surface area (Å²) in [5, 5.41) is 7.61. The van der Waals surface area contributed by atoms with Crippen molar-refractivity contribution < 1.29 is 0 Å². The highest BCUT2D eigenvalue weighted by atomic mass is 15.0. The van der Waals surface area contributed by atoms with Crippen molar-refractivity contribution >= 4 is 54.4 Å². The molecule has 10 aromatic rings. The molecule has 0 saturated heterocycles. The molecule has 0 aliphatic heterocycles. The molecule has 0 fully saturated rings. The summed E-state index contributed by atoms with van der Waals surface area (Å²) in [7, 11) is 0. The van der Waals surface area contributed by atoms with Gasteiger partial charge in [0.05, 0.1) is 22.1 Å². The number of aromatic nitrogens is 2. The monoisotopic (exact) mass is 610 g/mol. The maximum Gasteiger partial charge on any atom is 0.0548 e. The normalized spacial score (nSPS) is 11.8. The quantitative estimate of drug-likeness (QED) is 0.188. The minimum atomic E-state index is 1.16. The van der Waals surface area contributed by atoms with Gasteiger partial charge in [-0.15, -0.1) is 0 Å². The van der Waals surface area contributed by atoms with Gasteiger partial charge in [-0.05, 0) is 87.6 Å². The van der Waals surface area contributed by atoms with Crippen LogP contribution in [0.25, 0.3) is 88.0 Å². The molecule has 0 unspecified atom stereocenters. The van der Waals surface area contributed by atoms with E-state index in [2.05, 4.69) is 191 Å². The van der Waals surface area contributed by atoms with Crippen LogP contribution in [-0.2, 0) is 0 Å². The lowest BCUT2D eigenvalue weighted by Crippen LogP contribution is -1.95. The average Bonchev–Trinajstić information content (AvgIpc) is 3.68. The minimum absolute atomic E-state index is 1.16. The maximum absolute atomic E-state index is 2.44. The van der Waals surface area contributed by atoms with Gasteiger partial charge in [-0.3, -0.25) is 0 Å². The summed E-state index contributed by atoms with van der Waals surface area (Å²) in [6, 6.07) is 66.2. The Balaban J connectivity index is 1.23. The fourth-order valence-electron chi connectivity index (χ4n) is 7.72. The van der Waals surface area contributed by atoms with E-state index in [1.54, 1.807) is 0 Å². The lowest BCUT2D eigenvalue weighted by atomic mass is 10.0. The van der Waals surface area contributed by atoms with Crippen LogP contribution in [0.15, 0.2) is 182 Å². The number of nitrogens with zero attached hydrogens (tertiary/aromatic N) is 2. The van der Waals surface area contributed by atoms with Gasteiger partial charge in [0.25, 0.3) is 0 Å². The molecule has 0 bridgehead atoms. The van der Waals surface area contributed by atoms with Gasteiger partial charge >= 0.3 is 0 Å². The standard InChI is InChI=1S/C46H30N2/c1-2-12-31(13-3-1)34-16-10-18-37(29-34)47-41-22-8-6-20-39(41)45-43(47)26-27-44-46(45)40-21-7-9-23-42(40)48(44)38-19-11-17-35(30-38)36-25-24-32-14-4-5-15-33(32)28-36/h1-30H. The molecule has 8 aromatic carbocycles. The SMILES string of the molecule is c1ccc(-c2cccc(-n3c4ccccc4c4c5c6ccccc6n(-c6cccc(-c7ccc8ccccc8c7)c6)c5ccc43)c2)cc1. The van der Waals surface area contributed by atoms with E-state index in [1.165, 1.54) is 76.6 Å². The fraction of sp³-hybridized carbons (Fsp3) is 0. The predicted octanol–water partition coefficient (Wildman–Crippen LogP) is 12.4. The zero-order chi connectivity index (χ0) is 31.6. The smallest absolute Gasteiger partial charge is 0.0548 e. The number of hydrogen-bond acceptors (Lipinski definition) is 0. The third-order valence-corrected chi connectivity index (χ3v) is 9.87. The van der Waals surface area contributed by atoms with Gasteiger partial charge < -0.3 is 9.13 Å². The Morgan fingerprint density at radius 3 is 1.38 bits per heavy atom. The first kappa shape index (κ1) is 26.8. The molecule has 0 aliphatic rings. The van der Waals surface area contributed by atoms with Crippen LogP contribution >= 0.6 is 0 Å². The molecule has 2 heterocycles. The predicted molar refractivity (Wildman–Crippen MR) is 203 cm³/mol. The molecule has 0 aliphatic carbocycles. The highest BCUT2D eigenvalue weighted by molar-refractivity contribution is 6.28. The summed E-state index contributed by atoms with van der Waals surface area (Å²) >= 11 is 0. The van der Waals surface area contributed by atoms with Crippen LogP contribution in [-0.4, -0.2) is 9.13 Å². The Morgan fingerprint density at radius 2 is 0.750 bits per heavy atom. The maximum atomic E-state index is 2.44. The van der Waals surface area contributed by atoms with Gasteiger partial charge in [0, 0.05) is 32.9 Å². The average molecular weight is 611 g/mol. The molecule has 2 nitrogen and oxygen atoms in total. The Morgan fingerprint density at radius 1 is 0.271 bits per heavy atom. The van der Waals surface area contributed by atoms with E-state index in [9.17, 15) is 0 Å². The van der Waals surface area contributed by atoms with Gasteiger partial charge in [-0.25, -0.2) is 0 Å². The summed E-state index contributed by atoms with van der Waals surface area (Å²) in [5.74, 6) is 0. The van der Waals surface area contributed by atoms with Crippen LogP contribution in [0.3, 0.4) is 0 Å². The molecule has 224 valence electrons. The molecule has 2 heteroatoms. The van der Waals surface area contributed by atoms with Crippen molar-refractivity contribution in [3.05, 3.63) is 182 Å². The second kappa shape index (κ2) is 10.6. The molecule has 48 heavy (non-hydrogen) atoms. The molecule has 0 spiro atoms. The lowest BCUT2D eigenvalue weighted by Gasteiger charge is -2.12. The Kier molecular flexibility index (Phi) is 5.91. The van der Waals surface area contributed by atoms with Gasteiger partial charge in [0.1, 0.15) is 0 Å². The zero-order valence-corrected chi connectivity index (χ0v) is 26.2.